The van der Waals surface area contributed by atoms with Gasteiger partial charge in [0.2, 0.25) is 0 Å². The molecule has 2 heterocycles. The molecule has 45 heavy (non-hydrogen) atoms. The molecule has 0 saturated heterocycles. The number of aromatic nitrogens is 4. The fourth-order valence-corrected chi connectivity index (χ4v) is 6.51. The van der Waals surface area contributed by atoms with Crippen LogP contribution in [0, 0.1) is 36.5 Å². The average molecular weight is 750 g/mol. The number of nitrogens with zero attached hydrogens (tertiary/aromatic N) is 6. The minimum absolute atomic E-state index is 0.00152. The van der Waals surface area contributed by atoms with Gasteiger partial charge in [0.25, 0.3) is 0 Å². The van der Waals surface area contributed by atoms with Crippen molar-refractivity contribution in [3.8, 4) is 23.5 Å². The van der Waals surface area contributed by atoms with Gasteiger partial charge in [0.1, 0.15) is 40.0 Å². The maximum Gasteiger partial charge on any atom is 0.476 e. The summed E-state index contributed by atoms with van der Waals surface area (Å²) in [5, 5.41) is 25.8. The van der Waals surface area contributed by atoms with Crippen molar-refractivity contribution in [2.75, 3.05) is 11.5 Å². The molecule has 9 nitrogen and oxygen atoms in total. The average Bonchev–Trinajstić information content (AvgIpc) is 3.37. The lowest BCUT2D eigenvalue weighted by atomic mass is 10.2. The highest BCUT2D eigenvalue weighted by Gasteiger charge is 2.42. The van der Waals surface area contributed by atoms with Crippen LogP contribution in [-0.4, -0.2) is 34.8 Å². The van der Waals surface area contributed by atoms with Crippen LogP contribution in [0.25, 0.3) is 11.4 Å². The van der Waals surface area contributed by atoms with Crippen molar-refractivity contribution in [3.05, 3.63) is 66.9 Å². The van der Waals surface area contributed by atoms with Crippen molar-refractivity contribution in [1.29, 1.82) is 10.5 Å². The molecule has 0 bridgehead atoms. The fraction of sp³-hybridized carbons (Fsp3) is 0.167. The largest absolute Gasteiger partial charge is 0.476 e. The van der Waals surface area contributed by atoms with Gasteiger partial charge in [-0.05, 0) is 61.0 Å². The van der Waals surface area contributed by atoms with Gasteiger partial charge in [0, 0.05) is 0 Å². The van der Waals surface area contributed by atoms with Crippen LogP contribution in [0.1, 0.15) is 22.5 Å². The monoisotopic (exact) mass is 748 g/mol. The molecule has 0 aliphatic rings. The lowest BCUT2D eigenvalue weighted by molar-refractivity contribution is -0.0385. The minimum Gasteiger partial charge on any atom is -0.383 e. The minimum atomic E-state index is -5.09. The third-order valence-electron chi connectivity index (χ3n) is 5.32. The number of thioether (sulfide) groups is 1. The number of anilines is 2. The number of nitriles is 2. The molecule has 0 aliphatic heterocycles. The fourth-order valence-electron chi connectivity index (χ4n) is 3.62. The zero-order valence-corrected chi connectivity index (χ0v) is 26.8. The molecule has 4 N–H and O–H groups in total. The van der Waals surface area contributed by atoms with Gasteiger partial charge in [-0.15, -0.1) is 0 Å². The highest BCUT2D eigenvalue weighted by Crippen LogP contribution is 2.43. The third-order valence-corrected chi connectivity index (χ3v) is 8.51. The number of alkyl halides is 6. The smallest absolute Gasteiger partial charge is 0.383 e. The van der Waals surface area contributed by atoms with Gasteiger partial charge < -0.3 is 11.5 Å². The van der Waals surface area contributed by atoms with Crippen LogP contribution in [0.15, 0.2) is 34.1 Å². The molecule has 0 radical (unpaired) electrons. The van der Waals surface area contributed by atoms with Gasteiger partial charge in [-0.1, -0.05) is 46.4 Å². The molecule has 0 fully saturated rings. The van der Waals surface area contributed by atoms with E-state index in [1.807, 2.05) is 0 Å². The number of aryl methyl sites for hydroxylation is 2. The van der Waals surface area contributed by atoms with Crippen LogP contribution in [0.5, 0.6) is 0 Å². The summed E-state index contributed by atoms with van der Waals surface area (Å²) in [7, 11) is -3.51. The number of nitrogen functional groups attached to an aromatic ring is 2. The van der Waals surface area contributed by atoms with Crippen molar-refractivity contribution in [2.45, 2.75) is 34.7 Å². The summed E-state index contributed by atoms with van der Waals surface area (Å²) in [6, 6.07) is 9.14. The first-order valence-electron chi connectivity index (χ1n) is 11.4. The summed E-state index contributed by atoms with van der Waals surface area (Å²) >= 11 is 23.7. The molecular weight excluding hydrogens is 736 g/mol. The Balaban J connectivity index is 0.000000246. The Morgan fingerprint density at radius 3 is 1.51 bits per heavy atom. The number of benzene rings is 2. The SMILES string of the molecule is Cc1cc(Cl)c(-n2nc(C#N)c(S(=O)C(F)(F)F)c2N)c(Cl)c1.Cc1cc(Cl)c(-n2nc(C#N)c(SC(F)(F)F)c2N)c(Cl)c1. The normalized spacial score (nSPS) is 12.2. The van der Waals surface area contributed by atoms with E-state index in [0.717, 1.165) is 14.9 Å². The Morgan fingerprint density at radius 1 is 0.778 bits per heavy atom. The van der Waals surface area contributed by atoms with E-state index < -0.39 is 60.6 Å². The van der Waals surface area contributed by atoms with Gasteiger partial charge in [-0.3, -0.25) is 0 Å². The van der Waals surface area contributed by atoms with Crippen molar-refractivity contribution >= 4 is 80.6 Å². The molecule has 2 aromatic carbocycles. The number of rotatable bonds is 4. The summed E-state index contributed by atoms with van der Waals surface area (Å²) in [6.45, 7) is 3.46. The van der Waals surface area contributed by atoms with E-state index in [1.165, 1.54) is 18.2 Å². The van der Waals surface area contributed by atoms with Crippen LogP contribution in [0.2, 0.25) is 20.1 Å². The second kappa shape index (κ2) is 13.6. The summed E-state index contributed by atoms with van der Waals surface area (Å²) < 4.78 is 89.1. The topological polar surface area (TPSA) is 152 Å². The van der Waals surface area contributed by atoms with E-state index in [1.54, 1.807) is 32.0 Å². The maximum atomic E-state index is 12.7. The zero-order chi connectivity index (χ0) is 34.2. The number of halogens is 10. The van der Waals surface area contributed by atoms with Crippen LogP contribution in [0.3, 0.4) is 0 Å². The first kappa shape index (κ1) is 36.2. The van der Waals surface area contributed by atoms with E-state index in [4.69, 9.17) is 68.4 Å². The molecule has 4 rings (SSSR count). The number of hydrogen-bond donors (Lipinski definition) is 2. The van der Waals surface area contributed by atoms with Gasteiger partial charge in [-0.2, -0.15) is 47.1 Å². The Hall–Kier alpha value is -3.32. The summed E-state index contributed by atoms with van der Waals surface area (Å²) in [5.41, 5.74) is 2.05. The molecule has 1 unspecified atom stereocenters. The van der Waals surface area contributed by atoms with Crippen molar-refractivity contribution in [3.63, 3.8) is 0 Å². The van der Waals surface area contributed by atoms with E-state index in [0.29, 0.717) is 5.56 Å². The summed E-state index contributed by atoms with van der Waals surface area (Å²) in [5.74, 6) is -0.976. The van der Waals surface area contributed by atoms with E-state index in [9.17, 15) is 30.6 Å². The lowest BCUT2D eigenvalue weighted by Crippen LogP contribution is -2.18. The lowest BCUT2D eigenvalue weighted by Gasteiger charge is -2.10. The molecule has 0 amide bonds. The maximum absolute atomic E-state index is 12.7. The molecule has 238 valence electrons. The number of nitrogens with two attached hydrogens (primary N) is 2. The van der Waals surface area contributed by atoms with E-state index in [2.05, 4.69) is 10.2 Å². The first-order valence-corrected chi connectivity index (χ1v) is 14.9. The van der Waals surface area contributed by atoms with Crippen molar-refractivity contribution < 1.29 is 30.6 Å². The van der Waals surface area contributed by atoms with Crippen molar-refractivity contribution in [1.82, 2.24) is 19.6 Å². The van der Waals surface area contributed by atoms with Gasteiger partial charge in [0.05, 0.1) is 25.0 Å². The number of hydrogen-bond acceptors (Lipinski definition) is 8. The Morgan fingerprint density at radius 2 is 1.16 bits per heavy atom. The second-order valence-corrected chi connectivity index (χ2v) is 12.7. The Kier molecular flexibility index (Phi) is 10.9. The molecule has 0 spiro atoms. The zero-order valence-electron chi connectivity index (χ0n) is 22.2. The second-order valence-electron chi connectivity index (χ2n) is 8.59. The van der Waals surface area contributed by atoms with E-state index in [-0.39, 0.29) is 37.3 Å². The van der Waals surface area contributed by atoms with E-state index >= 15 is 0 Å². The highest BCUT2D eigenvalue weighted by molar-refractivity contribution is 8.00. The highest BCUT2D eigenvalue weighted by atomic mass is 35.5. The van der Waals surface area contributed by atoms with Gasteiger partial charge in [-0.25, -0.2) is 13.6 Å². The Bertz CT molecular complexity index is 1870. The predicted molar refractivity (Wildman–Crippen MR) is 159 cm³/mol. The van der Waals surface area contributed by atoms with Crippen LogP contribution < -0.4 is 11.5 Å². The van der Waals surface area contributed by atoms with Crippen molar-refractivity contribution in [2.24, 2.45) is 0 Å². The molecule has 2 aromatic heterocycles. The van der Waals surface area contributed by atoms with Crippen LogP contribution in [0.4, 0.5) is 38.0 Å². The summed E-state index contributed by atoms with van der Waals surface area (Å²) in [4.78, 5) is -1.41. The first-order chi connectivity index (χ1) is 20.7. The third kappa shape index (κ3) is 7.92. The molecule has 21 heteroatoms. The van der Waals surface area contributed by atoms with Gasteiger partial charge in [0.15, 0.2) is 22.2 Å². The van der Waals surface area contributed by atoms with Gasteiger partial charge >= 0.3 is 11.0 Å². The van der Waals surface area contributed by atoms with Crippen LogP contribution >= 0.6 is 58.2 Å². The van der Waals surface area contributed by atoms with Crippen LogP contribution in [-0.2, 0) is 10.8 Å². The standard InChI is InChI=1S/C12H7Cl2F3N4OS.C12H7Cl2F3N4S/c1-5-2-6(13)9(7(14)3-5)21-11(19)10(8(4-18)20-21)23(22)12(15,16)17;1-5-2-6(13)9(7(14)3-5)21-11(19)10(8(4-18)20-21)22-12(15,16)17/h2-3H,19H2,1H3;2-3H,19H2,1H3. The predicted octanol–water partition coefficient (Wildman–Crippen LogP) is 8.12. The quantitative estimate of drug-likeness (QED) is 0.157. The summed E-state index contributed by atoms with van der Waals surface area (Å²) in [6.07, 6.45) is 0. The molecule has 1 atom stereocenters. The molecular formula is C24H14Cl4F6N8OS2. The molecule has 0 saturated carbocycles. The Labute approximate surface area is 276 Å². The molecule has 4 aromatic rings. The molecule has 0 aliphatic carbocycles.